The number of hydrogen-bond acceptors (Lipinski definition) is 4. The van der Waals surface area contributed by atoms with Crippen LogP contribution >= 0.6 is 0 Å². The highest BCUT2D eigenvalue weighted by Gasteiger charge is 2.21. The molecular weight excluding hydrogens is 242 g/mol. The van der Waals surface area contributed by atoms with Crippen LogP contribution in [0.4, 0.5) is 0 Å². The summed E-state index contributed by atoms with van der Waals surface area (Å²) in [6, 6.07) is 2.29. The standard InChI is InChI=1S/C14H23N3O2/c1-3-17-7-5-4-6-12(17)10-15-14(18)9-13-8-11(2)16-19-13/h8,12H,3-7,9-10H2,1-2H3,(H,15,18)/t12-/m1/s1. The van der Waals surface area contributed by atoms with Crippen LogP contribution in [0.15, 0.2) is 10.6 Å². The van der Waals surface area contributed by atoms with Crippen molar-refractivity contribution in [3.8, 4) is 0 Å². The Morgan fingerprint density at radius 1 is 1.58 bits per heavy atom. The van der Waals surface area contributed by atoms with Crippen LogP contribution in [0.25, 0.3) is 0 Å². The van der Waals surface area contributed by atoms with E-state index in [2.05, 4.69) is 22.3 Å². The molecular formula is C14H23N3O2. The van der Waals surface area contributed by atoms with Crippen molar-refractivity contribution in [2.75, 3.05) is 19.6 Å². The van der Waals surface area contributed by atoms with Crippen molar-refractivity contribution in [2.24, 2.45) is 0 Å². The lowest BCUT2D eigenvalue weighted by molar-refractivity contribution is -0.121. The van der Waals surface area contributed by atoms with Gasteiger partial charge in [-0.25, -0.2) is 0 Å². The Balaban J connectivity index is 1.76. The summed E-state index contributed by atoms with van der Waals surface area (Å²) >= 11 is 0. The fourth-order valence-electron chi connectivity index (χ4n) is 2.66. The van der Waals surface area contributed by atoms with E-state index in [1.807, 2.05) is 6.92 Å². The fraction of sp³-hybridized carbons (Fsp3) is 0.714. The SMILES string of the molecule is CCN1CCCC[C@@H]1CNC(=O)Cc1cc(C)no1. The third-order valence-corrected chi connectivity index (χ3v) is 3.70. The number of piperidine rings is 1. The second-order valence-corrected chi connectivity index (χ2v) is 5.19. The first-order valence-electron chi connectivity index (χ1n) is 7.12. The van der Waals surface area contributed by atoms with Gasteiger partial charge in [-0.2, -0.15) is 0 Å². The summed E-state index contributed by atoms with van der Waals surface area (Å²) in [5.74, 6) is 0.642. The molecule has 2 heterocycles. The smallest absolute Gasteiger partial charge is 0.227 e. The molecule has 0 aliphatic carbocycles. The molecule has 106 valence electrons. The van der Waals surface area contributed by atoms with Gasteiger partial charge in [0.1, 0.15) is 5.76 Å². The van der Waals surface area contributed by atoms with Crippen LogP contribution in [0.3, 0.4) is 0 Å². The Bertz CT molecular complexity index is 417. The van der Waals surface area contributed by atoms with Gasteiger partial charge in [-0.05, 0) is 32.9 Å². The third kappa shape index (κ3) is 4.06. The number of rotatable bonds is 5. The first kappa shape index (κ1) is 14.1. The van der Waals surface area contributed by atoms with Crippen LogP contribution in [-0.2, 0) is 11.2 Å². The Kier molecular flexibility index (Phi) is 4.96. The molecule has 1 saturated heterocycles. The fourth-order valence-corrected chi connectivity index (χ4v) is 2.66. The molecule has 1 atom stereocenters. The lowest BCUT2D eigenvalue weighted by Crippen LogP contribution is -2.46. The summed E-state index contributed by atoms with van der Waals surface area (Å²) in [6.07, 6.45) is 3.99. The summed E-state index contributed by atoms with van der Waals surface area (Å²) in [4.78, 5) is 14.3. The van der Waals surface area contributed by atoms with E-state index in [4.69, 9.17) is 4.52 Å². The highest BCUT2D eigenvalue weighted by atomic mass is 16.5. The van der Waals surface area contributed by atoms with Gasteiger partial charge in [0.2, 0.25) is 5.91 Å². The number of likely N-dealkylation sites (tertiary alicyclic amines) is 1. The zero-order valence-corrected chi connectivity index (χ0v) is 11.8. The maximum atomic E-state index is 11.8. The van der Waals surface area contributed by atoms with E-state index in [9.17, 15) is 4.79 Å². The molecule has 2 rings (SSSR count). The molecule has 0 unspecified atom stereocenters. The topological polar surface area (TPSA) is 58.4 Å². The zero-order chi connectivity index (χ0) is 13.7. The molecule has 0 bridgehead atoms. The summed E-state index contributed by atoms with van der Waals surface area (Å²) in [7, 11) is 0. The molecule has 1 amide bonds. The molecule has 1 aromatic heterocycles. The van der Waals surface area contributed by atoms with Gasteiger partial charge in [-0.1, -0.05) is 18.5 Å². The second kappa shape index (κ2) is 6.70. The molecule has 1 aliphatic heterocycles. The maximum absolute atomic E-state index is 11.8. The van der Waals surface area contributed by atoms with Crippen molar-refractivity contribution >= 4 is 5.91 Å². The van der Waals surface area contributed by atoms with E-state index in [1.54, 1.807) is 6.07 Å². The summed E-state index contributed by atoms with van der Waals surface area (Å²) in [6.45, 7) is 6.98. The molecule has 0 radical (unpaired) electrons. The quantitative estimate of drug-likeness (QED) is 0.877. The van der Waals surface area contributed by atoms with Gasteiger partial charge in [-0.3, -0.25) is 9.69 Å². The summed E-state index contributed by atoms with van der Waals surface area (Å²) in [5.41, 5.74) is 0.812. The van der Waals surface area contributed by atoms with Crippen LogP contribution in [0.1, 0.15) is 37.6 Å². The molecule has 1 aliphatic rings. The van der Waals surface area contributed by atoms with E-state index in [0.29, 0.717) is 11.8 Å². The Morgan fingerprint density at radius 3 is 3.11 bits per heavy atom. The number of carbonyl (C=O) groups is 1. The Labute approximate surface area is 114 Å². The normalized spacial score (nSPS) is 20.4. The average Bonchev–Trinajstić information content (AvgIpc) is 2.82. The molecule has 0 saturated carbocycles. The zero-order valence-electron chi connectivity index (χ0n) is 11.8. The molecule has 5 nitrogen and oxygen atoms in total. The van der Waals surface area contributed by atoms with Gasteiger partial charge in [0.25, 0.3) is 0 Å². The van der Waals surface area contributed by atoms with E-state index >= 15 is 0 Å². The molecule has 5 heteroatoms. The highest BCUT2D eigenvalue weighted by molar-refractivity contribution is 5.77. The molecule has 1 fully saturated rings. The summed E-state index contributed by atoms with van der Waals surface area (Å²) < 4.78 is 5.05. The van der Waals surface area contributed by atoms with Crippen molar-refractivity contribution in [3.63, 3.8) is 0 Å². The van der Waals surface area contributed by atoms with Crippen LogP contribution in [0.5, 0.6) is 0 Å². The lowest BCUT2D eigenvalue weighted by atomic mass is 10.0. The molecule has 0 spiro atoms. The van der Waals surface area contributed by atoms with Crippen molar-refractivity contribution in [1.82, 2.24) is 15.4 Å². The van der Waals surface area contributed by atoms with Gasteiger partial charge >= 0.3 is 0 Å². The number of carbonyl (C=O) groups excluding carboxylic acids is 1. The van der Waals surface area contributed by atoms with Crippen LogP contribution in [-0.4, -0.2) is 41.6 Å². The van der Waals surface area contributed by atoms with E-state index < -0.39 is 0 Å². The minimum atomic E-state index is 0.0118. The first-order chi connectivity index (χ1) is 9.19. The Morgan fingerprint density at radius 2 is 2.42 bits per heavy atom. The number of hydrogen-bond donors (Lipinski definition) is 1. The molecule has 0 aromatic carbocycles. The first-order valence-corrected chi connectivity index (χ1v) is 7.12. The minimum absolute atomic E-state index is 0.0118. The predicted molar refractivity (Wildman–Crippen MR) is 72.8 cm³/mol. The maximum Gasteiger partial charge on any atom is 0.227 e. The largest absolute Gasteiger partial charge is 0.361 e. The van der Waals surface area contributed by atoms with E-state index in [-0.39, 0.29) is 12.3 Å². The van der Waals surface area contributed by atoms with Crippen molar-refractivity contribution in [2.45, 2.75) is 45.6 Å². The number of nitrogens with one attached hydrogen (secondary N) is 1. The van der Waals surface area contributed by atoms with Gasteiger partial charge in [-0.15, -0.1) is 0 Å². The third-order valence-electron chi connectivity index (χ3n) is 3.70. The second-order valence-electron chi connectivity index (χ2n) is 5.19. The van der Waals surface area contributed by atoms with Gasteiger partial charge in [0.15, 0.2) is 0 Å². The Hall–Kier alpha value is -1.36. The lowest BCUT2D eigenvalue weighted by Gasteiger charge is -2.34. The number of likely N-dealkylation sites (N-methyl/N-ethyl adjacent to an activating group) is 1. The number of nitrogens with zero attached hydrogens (tertiary/aromatic N) is 2. The van der Waals surface area contributed by atoms with E-state index in [1.165, 1.54) is 19.3 Å². The monoisotopic (exact) mass is 265 g/mol. The average molecular weight is 265 g/mol. The van der Waals surface area contributed by atoms with E-state index in [0.717, 1.165) is 25.3 Å². The molecule has 1 N–H and O–H groups in total. The van der Waals surface area contributed by atoms with Gasteiger partial charge in [0, 0.05) is 18.7 Å². The molecule has 19 heavy (non-hydrogen) atoms. The summed E-state index contributed by atoms with van der Waals surface area (Å²) in [5, 5.41) is 6.79. The van der Waals surface area contributed by atoms with Crippen molar-refractivity contribution in [1.29, 1.82) is 0 Å². The minimum Gasteiger partial charge on any atom is -0.361 e. The van der Waals surface area contributed by atoms with Crippen molar-refractivity contribution < 1.29 is 9.32 Å². The molecule has 1 aromatic rings. The number of amides is 1. The van der Waals surface area contributed by atoms with Crippen LogP contribution < -0.4 is 5.32 Å². The van der Waals surface area contributed by atoms with Gasteiger partial charge in [0.05, 0.1) is 12.1 Å². The van der Waals surface area contributed by atoms with Crippen LogP contribution in [0.2, 0.25) is 0 Å². The van der Waals surface area contributed by atoms with Crippen molar-refractivity contribution in [3.05, 3.63) is 17.5 Å². The predicted octanol–water partition coefficient (Wildman–Crippen LogP) is 1.52. The van der Waals surface area contributed by atoms with Crippen LogP contribution in [0, 0.1) is 6.92 Å². The number of aromatic nitrogens is 1. The highest BCUT2D eigenvalue weighted by Crippen LogP contribution is 2.15. The number of aryl methyl sites for hydroxylation is 1. The van der Waals surface area contributed by atoms with Gasteiger partial charge < -0.3 is 9.84 Å².